The van der Waals surface area contributed by atoms with Gasteiger partial charge >= 0.3 is 5.69 Å². The summed E-state index contributed by atoms with van der Waals surface area (Å²) in [5, 5.41) is 18.6. The molecule has 1 heterocycles. The van der Waals surface area contributed by atoms with Gasteiger partial charge in [-0.15, -0.1) is 0 Å². The van der Waals surface area contributed by atoms with Gasteiger partial charge in [-0.05, 0) is 40.6 Å². The minimum absolute atomic E-state index is 0.0430. The number of nitrogens with zero attached hydrogens (tertiary/aromatic N) is 3. The van der Waals surface area contributed by atoms with Crippen LogP contribution in [0.3, 0.4) is 0 Å². The van der Waals surface area contributed by atoms with Crippen molar-refractivity contribution in [1.29, 1.82) is 0 Å². The van der Waals surface area contributed by atoms with Gasteiger partial charge in [-0.2, -0.15) is 0 Å². The Bertz CT molecular complexity index is 785. The third-order valence-corrected chi connectivity index (χ3v) is 2.85. The fourth-order valence-corrected chi connectivity index (χ4v) is 1.82. The van der Waals surface area contributed by atoms with E-state index >= 15 is 0 Å². The Labute approximate surface area is 116 Å². The molecule has 0 bridgehead atoms. The van der Waals surface area contributed by atoms with Crippen molar-refractivity contribution in [2.75, 3.05) is 0 Å². The summed E-state index contributed by atoms with van der Waals surface area (Å²) in [6.07, 6.45) is 0. The highest BCUT2D eigenvalue weighted by atomic mass is 35.5. The van der Waals surface area contributed by atoms with E-state index in [1.54, 1.807) is 24.3 Å². The van der Waals surface area contributed by atoms with E-state index in [0.717, 1.165) is 0 Å². The largest absolute Gasteiger partial charge is 0.455 e. The average molecular weight is 292 g/mol. The molecular formula is C12H6ClN3O4. The predicted octanol–water partition coefficient (Wildman–Crippen LogP) is 3.58. The van der Waals surface area contributed by atoms with Gasteiger partial charge in [0.25, 0.3) is 0 Å². The van der Waals surface area contributed by atoms with Crippen molar-refractivity contribution < 1.29 is 14.3 Å². The van der Waals surface area contributed by atoms with Gasteiger partial charge in [-0.3, -0.25) is 10.1 Å². The zero-order valence-corrected chi connectivity index (χ0v) is 10.6. The number of rotatable bonds is 3. The van der Waals surface area contributed by atoms with Crippen molar-refractivity contribution in [3.05, 3.63) is 51.5 Å². The van der Waals surface area contributed by atoms with Crippen LogP contribution in [0.25, 0.3) is 11.0 Å². The molecule has 0 unspecified atom stereocenters. The van der Waals surface area contributed by atoms with Gasteiger partial charge in [0.2, 0.25) is 5.52 Å². The number of non-ortho nitro benzene ring substituents is 1. The smallest absolute Gasteiger partial charge is 0.301 e. The highest BCUT2D eigenvalue weighted by Gasteiger charge is 2.20. The second-order valence-corrected chi connectivity index (χ2v) is 4.29. The number of hydrogen-bond donors (Lipinski definition) is 0. The van der Waals surface area contributed by atoms with Gasteiger partial charge in [-0.1, -0.05) is 11.6 Å². The van der Waals surface area contributed by atoms with Crippen molar-refractivity contribution in [1.82, 2.24) is 10.3 Å². The molecule has 0 aliphatic carbocycles. The molecule has 0 radical (unpaired) electrons. The summed E-state index contributed by atoms with van der Waals surface area (Å²) in [4.78, 5) is 10.3. The van der Waals surface area contributed by atoms with E-state index in [0.29, 0.717) is 16.5 Å². The molecule has 7 nitrogen and oxygen atoms in total. The number of benzene rings is 2. The molecule has 3 aromatic rings. The molecular weight excluding hydrogens is 286 g/mol. The van der Waals surface area contributed by atoms with Crippen molar-refractivity contribution in [2.24, 2.45) is 0 Å². The molecule has 0 saturated heterocycles. The van der Waals surface area contributed by atoms with Crippen molar-refractivity contribution in [3.63, 3.8) is 0 Å². The second-order valence-electron chi connectivity index (χ2n) is 3.86. The zero-order valence-electron chi connectivity index (χ0n) is 9.82. The van der Waals surface area contributed by atoms with Crippen LogP contribution in [0.15, 0.2) is 41.0 Å². The third-order valence-electron chi connectivity index (χ3n) is 2.60. The maximum absolute atomic E-state index is 10.9. The summed E-state index contributed by atoms with van der Waals surface area (Å²) in [7, 11) is 0. The van der Waals surface area contributed by atoms with Crippen molar-refractivity contribution in [3.8, 4) is 11.5 Å². The lowest BCUT2D eigenvalue weighted by atomic mass is 10.2. The SMILES string of the molecule is O=[N+]([O-])c1ccc(Oc2ccc(Cl)cc2)c2nonc12. The lowest BCUT2D eigenvalue weighted by Gasteiger charge is -2.05. The minimum Gasteiger partial charge on any atom is -0.455 e. The Morgan fingerprint density at radius 2 is 1.80 bits per heavy atom. The lowest BCUT2D eigenvalue weighted by molar-refractivity contribution is -0.383. The van der Waals surface area contributed by atoms with E-state index in [1.165, 1.54) is 12.1 Å². The molecule has 1 aromatic heterocycles. The van der Waals surface area contributed by atoms with E-state index in [4.69, 9.17) is 16.3 Å². The number of hydrogen-bond acceptors (Lipinski definition) is 6. The highest BCUT2D eigenvalue weighted by Crippen LogP contribution is 2.33. The first kappa shape index (κ1) is 12.4. The van der Waals surface area contributed by atoms with Crippen LogP contribution in [0, 0.1) is 10.1 Å². The highest BCUT2D eigenvalue weighted by molar-refractivity contribution is 6.30. The topological polar surface area (TPSA) is 91.3 Å². The van der Waals surface area contributed by atoms with Gasteiger partial charge in [0.05, 0.1) is 4.92 Å². The van der Waals surface area contributed by atoms with E-state index in [9.17, 15) is 10.1 Å². The van der Waals surface area contributed by atoms with Gasteiger partial charge < -0.3 is 4.74 Å². The molecule has 3 rings (SSSR count). The monoisotopic (exact) mass is 291 g/mol. The Balaban J connectivity index is 2.04. The first-order chi connectivity index (χ1) is 9.65. The number of nitro benzene ring substituents is 1. The molecule has 0 amide bonds. The van der Waals surface area contributed by atoms with E-state index in [2.05, 4.69) is 14.9 Å². The van der Waals surface area contributed by atoms with Crippen LogP contribution in [0.4, 0.5) is 5.69 Å². The van der Waals surface area contributed by atoms with Crippen LogP contribution < -0.4 is 4.74 Å². The normalized spacial score (nSPS) is 10.7. The zero-order chi connectivity index (χ0) is 14.1. The number of ether oxygens (including phenoxy) is 1. The Hall–Kier alpha value is -2.67. The molecule has 0 aliphatic rings. The fourth-order valence-electron chi connectivity index (χ4n) is 1.69. The molecule has 2 aromatic carbocycles. The minimum atomic E-state index is -0.557. The molecule has 0 N–H and O–H groups in total. The Kier molecular flexibility index (Phi) is 2.96. The molecule has 100 valence electrons. The average Bonchev–Trinajstić information content (AvgIpc) is 2.91. The first-order valence-corrected chi connectivity index (χ1v) is 5.86. The molecule has 0 fully saturated rings. The molecule has 0 spiro atoms. The third kappa shape index (κ3) is 2.14. The standard InChI is InChI=1S/C12H6ClN3O4/c13-7-1-3-8(4-2-7)19-10-6-5-9(16(17)18)11-12(10)15-20-14-11/h1-6H. The van der Waals surface area contributed by atoms with Crippen LogP contribution >= 0.6 is 11.6 Å². The lowest BCUT2D eigenvalue weighted by Crippen LogP contribution is -1.91. The molecule has 0 saturated carbocycles. The number of aromatic nitrogens is 2. The van der Waals surface area contributed by atoms with Gasteiger partial charge in [0, 0.05) is 11.1 Å². The van der Waals surface area contributed by atoms with Crippen molar-refractivity contribution >= 4 is 28.3 Å². The first-order valence-electron chi connectivity index (χ1n) is 5.48. The summed E-state index contributed by atoms with van der Waals surface area (Å²) in [6, 6.07) is 9.41. The molecule has 8 heteroatoms. The summed E-state index contributed by atoms with van der Waals surface area (Å²) < 4.78 is 10.1. The summed E-state index contributed by atoms with van der Waals surface area (Å²) in [6.45, 7) is 0. The van der Waals surface area contributed by atoms with Crippen LogP contribution in [0.5, 0.6) is 11.5 Å². The van der Waals surface area contributed by atoms with Gasteiger partial charge in [-0.25, -0.2) is 4.63 Å². The maximum atomic E-state index is 10.9. The van der Waals surface area contributed by atoms with E-state index < -0.39 is 4.92 Å². The Morgan fingerprint density at radius 1 is 1.10 bits per heavy atom. The summed E-state index contributed by atoms with van der Waals surface area (Å²) in [5.74, 6) is 0.835. The van der Waals surface area contributed by atoms with Crippen LogP contribution in [0.2, 0.25) is 5.02 Å². The van der Waals surface area contributed by atoms with Crippen molar-refractivity contribution in [2.45, 2.75) is 0 Å². The van der Waals surface area contributed by atoms with Gasteiger partial charge in [0.1, 0.15) is 5.75 Å². The molecule has 20 heavy (non-hydrogen) atoms. The number of fused-ring (bicyclic) bond motifs is 1. The molecule has 0 atom stereocenters. The quantitative estimate of drug-likeness (QED) is 0.541. The van der Waals surface area contributed by atoms with Crippen LogP contribution in [-0.2, 0) is 0 Å². The second kappa shape index (κ2) is 4.78. The fraction of sp³-hybridized carbons (Fsp3) is 0. The summed E-state index contributed by atoms with van der Waals surface area (Å²) >= 11 is 5.78. The number of halogens is 1. The predicted molar refractivity (Wildman–Crippen MR) is 70.0 cm³/mol. The number of nitro groups is 1. The van der Waals surface area contributed by atoms with Crippen LogP contribution in [-0.4, -0.2) is 15.2 Å². The maximum Gasteiger partial charge on any atom is 0.301 e. The summed E-state index contributed by atoms with van der Waals surface area (Å²) in [5.41, 5.74) is 0.0420. The van der Waals surface area contributed by atoms with Gasteiger partial charge in [0.15, 0.2) is 11.3 Å². The Morgan fingerprint density at radius 3 is 2.50 bits per heavy atom. The van der Waals surface area contributed by atoms with E-state index in [-0.39, 0.29) is 16.7 Å². The van der Waals surface area contributed by atoms with E-state index in [1.807, 2.05) is 0 Å². The van der Waals surface area contributed by atoms with Crippen LogP contribution in [0.1, 0.15) is 0 Å². The molecule has 0 aliphatic heterocycles.